The highest BCUT2D eigenvalue weighted by molar-refractivity contribution is 5.75. The van der Waals surface area contributed by atoms with Crippen molar-refractivity contribution in [3.63, 3.8) is 0 Å². The number of esters is 1. The lowest BCUT2D eigenvalue weighted by Crippen LogP contribution is -2.32. The maximum absolute atomic E-state index is 11.4. The lowest BCUT2D eigenvalue weighted by atomic mass is 10.0. The number of carbonyl (C=O) groups excluding carboxylic acids is 1. The second-order valence-electron chi connectivity index (χ2n) is 4.64. The predicted molar refractivity (Wildman–Crippen MR) is 60.4 cm³/mol. The predicted octanol–water partition coefficient (Wildman–Crippen LogP) is 2.21. The van der Waals surface area contributed by atoms with Gasteiger partial charge in [-0.15, -0.1) is 0 Å². The van der Waals surface area contributed by atoms with Crippen LogP contribution in [0.4, 0.5) is 0 Å². The molecule has 0 unspecified atom stereocenters. The molecule has 3 heteroatoms. The molecule has 0 fully saturated rings. The molecule has 3 nitrogen and oxygen atoms in total. The van der Waals surface area contributed by atoms with Crippen molar-refractivity contribution in [2.45, 2.75) is 45.8 Å². The van der Waals surface area contributed by atoms with Crippen molar-refractivity contribution in [2.24, 2.45) is 0 Å². The van der Waals surface area contributed by atoms with E-state index in [1.54, 1.807) is 27.7 Å². The molecule has 0 bridgehead atoms. The van der Waals surface area contributed by atoms with Crippen LogP contribution in [-0.2, 0) is 9.53 Å². The van der Waals surface area contributed by atoms with Crippen molar-refractivity contribution in [3.8, 4) is 0 Å². The van der Waals surface area contributed by atoms with Crippen LogP contribution in [0.2, 0.25) is 0 Å². The summed E-state index contributed by atoms with van der Waals surface area (Å²) in [4.78, 5) is 11.4. The van der Waals surface area contributed by atoms with E-state index in [4.69, 9.17) is 4.74 Å². The van der Waals surface area contributed by atoms with Gasteiger partial charge < -0.3 is 9.84 Å². The lowest BCUT2D eigenvalue weighted by Gasteiger charge is -2.22. The Labute approximate surface area is 91.4 Å². The van der Waals surface area contributed by atoms with Crippen LogP contribution < -0.4 is 0 Å². The van der Waals surface area contributed by atoms with Crippen LogP contribution >= 0.6 is 0 Å². The molecule has 0 heterocycles. The van der Waals surface area contributed by atoms with Gasteiger partial charge in [0.1, 0.15) is 5.60 Å². The molecule has 15 heavy (non-hydrogen) atoms. The Morgan fingerprint density at radius 2 is 1.87 bits per heavy atom. The quantitative estimate of drug-likeness (QED) is 0.574. The summed E-state index contributed by atoms with van der Waals surface area (Å²) in [6.07, 6.45) is -0.988. The summed E-state index contributed by atoms with van der Waals surface area (Å²) in [6.45, 7) is 14.4. The second kappa shape index (κ2) is 5.12. The highest BCUT2D eigenvalue weighted by Crippen LogP contribution is 2.15. The fourth-order valence-electron chi connectivity index (χ4n) is 0.861. The highest BCUT2D eigenvalue weighted by atomic mass is 16.6. The zero-order valence-electron chi connectivity index (χ0n) is 9.96. The average molecular weight is 212 g/mol. The summed E-state index contributed by atoms with van der Waals surface area (Å²) < 4.78 is 5.02. The maximum Gasteiger partial charge on any atom is 0.335 e. The molecule has 0 amide bonds. The third-order valence-corrected chi connectivity index (χ3v) is 1.72. The van der Waals surface area contributed by atoms with Crippen molar-refractivity contribution in [2.75, 3.05) is 0 Å². The van der Waals surface area contributed by atoms with Crippen LogP contribution in [0.15, 0.2) is 24.3 Å². The van der Waals surface area contributed by atoms with Crippen LogP contribution in [0.1, 0.15) is 34.1 Å². The monoisotopic (exact) mass is 212 g/mol. The normalized spacial score (nSPS) is 13.1. The molecule has 0 aromatic heterocycles. The number of hydrogen-bond donors (Lipinski definition) is 1. The van der Waals surface area contributed by atoms with Crippen LogP contribution in [0.25, 0.3) is 0 Å². The fourth-order valence-corrected chi connectivity index (χ4v) is 0.861. The molecular weight excluding hydrogens is 192 g/mol. The number of aliphatic hydroxyl groups is 1. The summed E-state index contributed by atoms with van der Waals surface area (Å²) in [7, 11) is 0. The summed E-state index contributed by atoms with van der Waals surface area (Å²) in [5, 5.41) is 9.52. The Bertz CT molecular complexity index is 271. The van der Waals surface area contributed by atoms with Crippen LogP contribution in [-0.4, -0.2) is 22.8 Å². The zero-order valence-corrected chi connectivity index (χ0v) is 9.96. The first-order valence-electron chi connectivity index (χ1n) is 4.88. The SMILES string of the molecule is C=C(C)C(=C)C[C@@H](O)C(=O)OC(C)(C)C. The minimum absolute atomic E-state index is 0.171. The van der Waals surface area contributed by atoms with Gasteiger partial charge in [-0.1, -0.05) is 18.7 Å². The van der Waals surface area contributed by atoms with Gasteiger partial charge in [0.2, 0.25) is 0 Å². The van der Waals surface area contributed by atoms with Gasteiger partial charge >= 0.3 is 5.97 Å². The van der Waals surface area contributed by atoms with Gasteiger partial charge in [-0.25, -0.2) is 4.79 Å². The molecule has 0 spiro atoms. The van der Waals surface area contributed by atoms with E-state index < -0.39 is 17.7 Å². The molecule has 0 radical (unpaired) electrons. The standard InChI is InChI=1S/C12H20O3/c1-8(2)9(3)7-10(13)11(14)15-12(4,5)6/h10,13H,1,3,7H2,2,4-6H3/t10-/m1/s1. The first-order valence-corrected chi connectivity index (χ1v) is 4.88. The molecule has 1 atom stereocenters. The Morgan fingerprint density at radius 1 is 1.40 bits per heavy atom. The molecule has 0 rings (SSSR count). The smallest absolute Gasteiger partial charge is 0.335 e. The maximum atomic E-state index is 11.4. The molecule has 0 aromatic rings. The zero-order chi connectivity index (χ0) is 12.2. The van der Waals surface area contributed by atoms with Gasteiger partial charge in [-0.2, -0.15) is 0 Å². The summed E-state index contributed by atoms with van der Waals surface area (Å²) in [5.41, 5.74) is 0.841. The second-order valence-corrected chi connectivity index (χ2v) is 4.64. The number of hydrogen-bond acceptors (Lipinski definition) is 3. The topological polar surface area (TPSA) is 46.5 Å². The molecule has 86 valence electrons. The summed E-state index contributed by atoms with van der Waals surface area (Å²) in [6, 6.07) is 0. The van der Waals surface area contributed by atoms with Crippen molar-refractivity contribution < 1.29 is 14.6 Å². The van der Waals surface area contributed by atoms with E-state index in [1.165, 1.54) is 0 Å². The number of carbonyl (C=O) groups is 1. The molecule has 0 aliphatic carbocycles. The summed E-state index contributed by atoms with van der Waals surface area (Å²) in [5.74, 6) is -0.620. The van der Waals surface area contributed by atoms with E-state index in [2.05, 4.69) is 13.2 Å². The van der Waals surface area contributed by atoms with Gasteiger partial charge in [0.05, 0.1) is 0 Å². The average Bonchev–Trinajstić information content (AvgIpc) is 2.00. The Balaban J connectivity index is 4.23. The van der Waals surface area contributed by atoms with Crippen molar-refractivity contribution in [3.05, 3.63) is 24.3 Å². The molecule has 0 saturated carbocycles. The Kier molecular flexibility index (Phi) is 4.75. The molecular formula is C12H20O3. The minimum atomic E-state index is -1.16. The minimum Gasteiger partial charge on any atom is -0.458 e. The lowest BCUT2D eigenvalue weighted by molar-refractivity contribution is -0.164. The van der Waals surface area contributed by atoms with Gasteiger partial charge in [0, 0.05) is 6.42 Å². The van der Waals surface area contributed by atoms with E-state index >= 15 is 0 Å². The third-order valence-electron chi connectivity index (χ3n) is 1.72. The van der Waals surface area contributed by atoms with Gasteiger partial charge in [-0.05, 0) is 33.3 Å². The number of ether oxygens (including phenoxy) is 1. The third kappa shape index (κ3) is 6.07. The number of rotatable bonds is 4. The van der Waals surface area contributed by atoms with E-state index in [0.29, 0.717) is 5.57 Å². The van der Waals surface area contributed by atoms with E-state index in [9.17, 15) is 9.90 Å². The Hall–Kier alpha value is -1.09. The van der Waals surface area contributed by atoms with Gasteiger partial charge in [0.25, 0.3) is 0 Å². The van der Waals surface area contributed by atoms with E-state index in [1.807, 2.05) is 0 Å². The molecule has 0 aliphatic rings. The molecule has 0 aromatic carbocycles. The number of allylic oxidation sites excluding steroid dienone is 1. The molecule has 1 N–H and O–H groups in total. The largest absolute Gasteiger partial charge is 0.458 e. The highest BCUT2D eigenvalue weighted by Gasteiger charge is 2.23. The molecule has 0 saturated heterocycles. The summed E-state index contributed by atoms with van der Waals surface area (Å²) >= 11 is 0. The molecule has 0 aliphatic heterocycles. The van der Waals surface area contributed by atoms with E-state index in [-0.39, 0.29) is 6.42 Å². The van der Waals surface area contributed by atoms with Gasteiger partial charge in [0.15, 0.2) is 6.10 Å². The van der Waals surface area contributed by atoms with Crippen molar-refractivity contribution in [1.82, 2.24) is 0 Å². The van der Waals surface area contributed by atoms with Crippen LogP contribution in [0.5, 0.6) is 0 Å². The first kappa shape index (κ1) is 13.9. The van der Waals surface area contributed by atoms with Crippen molar-refractivity contribution >= 4 is 5.97 Å². The van der Waals surface area contributed by atoms with Crippen LogP contribution in [0.3, 0.4) is 0 Å². The van der Waals surface area contributed by atoms with Gasteiger partial charge in [-0.3, -0.25) is 0 Å². The fraction of sp³-hybridized carbons (Fsp3) is 0.583. The van der Waals surface area contributed by atoms with E-state index in [0.717, 1.165) is 5.57 Å². The first-order chi connectivity index (χ1) is 6.63. The number of aliphatic hydroxyl groups excluding tert-OH is 1. The Morgan fingerprint density at radius 3 is 2.20 bits per heavy atom. The van der Waals surface area contributed by atoms with Crippen LogP contribution in [0, 0.1) is 0 Å². The van der Waals surface area contributed by atoms with Crippen molar-refractivity contribution in [1.29, 1.82) is 0 Å².